The molecule has 5 nitrogen and oxygen atoms in total. The molecule has 1 heterocycles. The second-order valence-electron chi connectivity index (χ2n) is 4.02. The van der Waals surface area contributed by atoms with Gasteiger partial charge in [-0.3, -0.25) is 9.78 Å². The summed E-state index contributed by atoms with van der Waals surface area (Å²) in [7, 11) is 0. The first kappa shape index (κ1) is 15.5. The smallest absolute Gasteiger partial charge is 0.269 e. The van der Waals surface area contributed by atoms with E-state index in [1.54, 1.807) is 12.1 Å². The van der Waals surface area contributed by atoms with Crippen LogP contribution in [0.2, 0.25) is 0 Å². The molecule has 19 heavy (non-hydrogen) atoms. The van der Waals surface area contributed by atoms with Crippen LogP contribution in [0.4, 0.5) is 0 Å². The van der Waals surface area contributed by atoms with E-state index < -0.39 is 0 Å². The number of nitrogens with one attached hydrogen (secondary N) is 1. The van der Waals surface area contributed by atoms with Crippen LogP contribution in [0.5, 0.6) is 0 Å². The summed E-state index contributed by atoms with van der Waals surface area (Å²) in [5.41, 5.74) is 6.44. The van der Waals surface area contributed by atoms with Crippen molar-refractivity contribution >= 4 is 23.1 Å². The van der Waals surface area contributed by atoms with Crippen molar-refractivity contribution in [2.24, 2.45) is 5.73 Å². The van der Waals surface area contributed by atoms with Crippen molar-refractivity contribution in [1.29, 1.82) is 0 Å². The first-order chi connectivity index (χ1) is 9.15. The van der Waals surface area contributed by atoms with Gasteiger partial charge in [-0.25, -0.2) is 0 Å². The van der Waals surface area contributed by atoms with Crippen LogP contribution >= 0.6 is 12.2 Å². The Bertz CT molecular complexity index is 420. The van der Waals surface area contributed by atoms with Crippen LogP contribution in [0.25, 0.3) is 0 Å². The average molecular weight is 281 g/mol. The average Bonchev–Trinajstić information content (AvgIpc) is 2.42. The fraction of sp³-hybridized carbons (Fsp3) is 0.462. The first-order valence-corrected chi connectivity index (χ1v) is 6.67. The van der Waals surface area contributed by atoms with E-state index in [9.17, 15) is 4.79 Å². The number of pyridine rings is 1. The molecule has 0 fully saturated rings. The zero-order chi connectivity index (χ0) is 14.1. The monoisotopic (exact) mass is 281 g/mol. The van der Waals surface area contributed by atoms with Crippen molar-refractivity contribution in [3.63, 3.8) is 0 Å². The molecule has 1 aromatic rings. The molecule has 0 aliphatic carbocycles. The van der Waals surface area contributed by atoms with E-state index in [2.05, 4.69) is 17.2 Å². The highest BCUT2D eigenvalue weighted by molar-refractivity contribution is 7.80. The van der Waals surface area contributed by atoms with Crippen molar-refractivity contribution in [3.8, 4) is 0 Å². The minimum Gasteiger partial charge on any atom is -0.389 e. The van der Waals surface area contributed by atoms with Crippen molar-refractivity contribution in [3.05, 3.63) is 29.6 Å². The highest BCUT2D eigenvalue weighted by Gasteiger charge is 2.06. The maximum Gasteiger partial charge on any atom is 0.269 e. The molecule has 1 amide bonds. The number of ether oxygens (including phenoxy) is 1. The normalized spacial score (nSPS) is 10.2. The molecule has 0 spiro atoms. The maximum atomic E-state index is 11.7. The number of nitrogens with two attached hydrogens (primary N) is 1. The van der Waals surface area contributed by atoms with E-state index in [0.717, 1.165) is 19.4 Å². The van der Waals surface area contributed by atoms with Crippen LogP contribution in [0.15, 0.2) is 18.3 Å². The summed E-state index contributed by atoms with van der Waals surface area (Å²) < 4.78 is 5.34. The fourth-order valence-electron chi connectivity index (χ4n) is 1.35. The van der Waals surface area contributed by atoms with Gasteiger partial charge in [-0.05, 0) is 18.6 Å². The van der Waals surface area contributed by atoms with Gasteiger partial charge in [-0.1, -0.05) is 25.6 Å². The molecule has 0 radical (unpaired) electrons. The number of aromatic nitrogens is 1. The van der Waals surface area contributed by atoms with Crippen molar-refractivity contribution in [2.75, 3.05) is 19.8 Å². The van der Waals surface area contributed by atoms with Crippen LogP contribution in [-0.4, -0.2) is 35.6 Å². The third kappa shape index (κ3) is 5.76. The zero-order valence-electron chi connectivity index (χ0n) is 11.0. The molecular weight excluding hydrogens is 262 g/mol. The van der Waals surface area contributed by atoms with Crippen LogP contribution < -0.4 is 11.1 Å². The number of carbonyl (C=O) groups excluding carboxylic acids is 1. The summed E-state index contributed by atoms with van der Waals surface area (Å²) in [6.45, 7) is 3.82. The van der Waals surface area contributed by atoms with E-state index in [-0.39, 0.29) is 10.9 Å². The van der Waals surface area contributed by atoms with E-state index in [1.807, 2.05) is 0 Å². The number of thiocarbonyl (C=S) groups is 1. The summed E-state index contributed by atoms with van der Waals surface area (Å²) in [5.74, 6) is -0.228. The summed E-state index contributed by atoms with van der Waals surface area (Å²) in [4.78, 5) is 16.0. The molecule has 1 rings (SSSR count). The number of carbonyl (C=O) groups is 1. The lowest BCUT2D eigenvalue weighted by Crippen LogP contribution is -2.28. The Kier molecular flexibility index (Phi) is 6.99. The van der Waals surface area contributed by atoms with Gasteiger partial charge in [-0.15, -0.1) is 0 Å². The summed E-state index contributed by atoms with van der Waals surface area (Å²) in [6, 6.07) is 3.28. The second kappa shape index (κ2) is 8.55. The molecule has 0 saturated carbocycles. The van der Waals surface area contributed by atoms with Crippen LogP contribution in [0.1, 0.15) is 35.8 Å². The summed E-state index contributed by atoms with van der Waals surface area (Å²) in [5, 5.41) is 2.73. The Morgan fingerprint density at radius 2 is 2.26 bits per heavy atom. The van der Waals surface area contributed by atoms with Gasteiger partial charge in [0.25, 0.3) is 5.91 Å². The Morgan fingerprint density at radius 3 is 2.84 bits per heavy atom. The highest BCUT2D eigenvalue weighted by atomic mass is 32.1. The fourth-order valence-corrected chi connectivity index (χ4v) is 1.47. The molecular formula is C13H19N3O2S. The molecule has 104 valence electrons. The molecule has 0 aliphatic rings. The van der Waals surface area contributed by atoms with Crippen molar-refractivity contribution in [2.45, 2.75) is 19.8 Å². The molecule has 0 unspecified atom stereocenters. The minimum atomic E-state index is -0.228. The largest absolute Gasteiger partial charge is 0.389 e. The zero-order valence-corrected chi connectivity index (χ0v) is 11.8. The Balaban J connectivity index is 2.31. The van der Waals surface area contributed by atoms with Gasteiger partial charge in [0, 0.05) is 24.9 Å². The van der Waals surface area contributed by atoms with E-state index >= 15 is 0 Å². The molecule has 1 aromatic heterocycles. The number of amides is 1. The molecule has 0 atom stereocenters. The molecule has 6 heteroatoms. The molecule has 3 N–H and O–H groups in total. The molecule has 0 aliphatic heterocycles. The predicted octanol–water partition coefficient (Wildman–Crippen LogP) is 1.26. The first-order valence-electron chi connectivity index (χ1n) is 6.27. The third-order valence-corrected chi connectivity index (χ3v) is 2.69. The Morgan fingerprint density at radius 1 is 1.47 bits per heavy atom. The number of hydrogen-bond acceptors (Lipinski definition) is 4. The van der Waals surface area contributed by atoms with Gasteiger partial charge in [-0.2, -0.15) is 0 Å². The van der Waals surface area contributed by atoms with Gasteiger partial charge >= 0.3 is 0 Å². The van der Waals surface area contributed by atoms with Gasteiger partial charge in [0.1, 0.15) is 10.7 Å². The lowest BCUT2D eigenvalue weighted by Gasteiger charge is -2.06. The molecule has 0 aromatic carbocycles. The number of unbranched alkanes of at least 4 members (excludes halogenated alkanes) is 1. The van der Waals surface area contributed by atoms with E-state index in [0.29, 0.717) is 24.4 Å². The highest BCUT2D eigenvalue weighted by Crippen LogP contribution is 2.00. The Labute approximate surface area is 118 Å². The van der Waals surface area contributed by atoms with Crippen LogP contribution in [0, 0.1) is 0 Å². The summed E-state index contributed by atoms with van der Waals surface area (Å²) in [6.07, 6.45) is 3.64. The van der Waals surface area contributed by atoms with Gasteiger partial charge in [0.2, 0.25) is 0 Å². The SMILES string of the molecule is CCCCOCCNC(=O)c1ccc(C(N)=S)cn1. The number of rotatable bonds is 8. The standard InChI is InChI=1S/C13H19N3O2S/c1-2-3-7-18-8-6-15-13(17)11-5-4-10(9-16-11)12(14)19/h4-5,9H,2-3,6-8H2,1H3,(H2,14,19)(H,15,17). The van der Waals surface area contributed by atoms with Crippen LogP contribution in [0.3, 0.4) is 0 Å². The predicted molar refractivity (Wildman–Crippen MR) is 78.2 cm³/mol. The minimum absolute atomic E-state index is 0.228. The van der Waals surface area contributed by atoms with Gasteiger partial charge in [0.15, 0.2) is 0 Å². The van der Waals surface area contributed by atoms with Crippen molar-refractivity contribution in [1.82, 2.24) is 10.3 Å². The lowest BCUT2D eigenvalue weighted by molar-refractivity contribution is 0.0908. The summed E-state index contributed by atoms with van der Waals surface area (Å²) >= 11 is 4.81. The topological polar surface area (TPSA) is 77.2 Å². The molecule has 0 saturated heterocycles. The molecule has 0 bridgehead atoms. The Hall–Kier alpha value is -1.53. The van der Waals surface area contributed by atoms with Gasteiger partial charge < -0.3 is 15.8 Å². The maximum absolute atomic E-state index is 11.7. The van der Waals surface area contributed by atoms with Crippen LogP contribution in [-0.2, 0) is 4.74 Å². The number of hydrogen-bond donors (Lipinski definition) is 2. The number of nitrogens with zero attached hydrogens (tertiary/aromatic N) is 1. The van der Waals surface area contributed by atoms with E-state index in [1.165, 1.54) is 6.20 Å². The second-order valence-corrected chi connectivity index (χ2v) is 4.46. The third-order valence-electron chi connectivity index (χ3n) is 2.45. The van der Waals surface area contributed by atoms with Gasteiger partial charge in [0.05, 0.1) is 6.61 Å². The van der Waals surface area contributed by atoms with E-state index in [4.69, 9.17) is 22.7 Å². The quantitative estimate of drug-likeness (QED) is 0.554. The lowest BCUT2D eigenvalue weighted by atomic mass is 10.2. The van der Waals surface area contributed by atoms with Crippen molar-refractivity contribution < 1.29 is 9.53 Å².